The molecule has 1 unspecified atom stereocenters. The highest BCUT2D eigenvalue weighted by Gasteiger charge is 2.48. The number of hydrogen-bond donors (Lipinski definition) is 5. The van der Waals surface area contributed by atoms with Crippen molar-refractivity contribution < 1.29 is 33.0 Å². The second-order valence-corrected chi connectivity index (χ2v) is 12.3. The Morgan fingerprint density at radius 1 is 1.11 bits per heavy atom. The van der Waals surface area contributed by atoms with E-state index < -0.39 is 23.8 Å². The van der Waals surface area contributed by atoms with Crippen LogP contribution >= 0.6 is 18.4 Å². The molecule has 0 spiro atoms. The number of ketones is 1. The molecule has 0 radical (unpaired) electrons. The number of nitrogens with zero attached hydrogens (tertiary/aromatic N) is 1. The number of Topliss-reactive ketones (excluding diaryl/α,β-unsaturated/α-hetero) is 1. The van der Waals surface area contributed by atoms with E-state index in [2.05, 4.69) is 9.71 Å². The van der Waals surface area contributed by atoms with Crippen LogP contribution in [0.4, 0.5) is 5.69 Å². The molecule has 1 atom stereocenters. The van der Waals surface area contributed by atoms with Gasteiger partial charge in [0.15, 0.2) is 11.6 Å². The lowest BCUT2D eigenvalue weighted by Gasteiger charge is -2.40. The van der Waals surface area contributed by atoms with Crippen molar-refractivity contribution >= 4 is 41.4 Å². The van der Waals surface area contributed by atoms with Crippen LogP contribution in [0.25, 0.3) is 5.76 Å². The number of aliphatic hydroxyl groups is 1. The quantitative estimate of drug-likeness (QED) is 0.274. The Morgan fingerprint density at radius 2 is 1.77 bits per heavy atom. The van der Waals surface area contributed by atoms with Crippen LogP contribution in [0.15, 0.2) is 57.3 Å². The Morgan fingerprint density at radius 3 is 2.40 bits per heavy atom. The molecule has 35 heavy (non-hydrogen) atoms. The number of rotatable bonds is 7. The van der Waals surface area contributed by atoms with Crippen molar-refractivity contribution in [1.82, 2.24) is 0 Å². The molecule has 5 N–H and O–H groups in total. The van der Waals surface area contributed by atoms with Gasteiger partial charge in [-0.05, 0) is 30.5 Å². The zero-order valence-corrected chi connectivity index (χ0v) is 21.4. The molecule has 1 aliphatic heterocycles. The predicted octanol–water partition coefficient (Wildman–Crippen LogP) is 6.12. The molecule has 4 rings (SSSR count). The predicted molar refractivity (Wildman–Crippen MR) is 137 cm³/mol. The largest absolute Gasteiger partial charge is 0.506 e. The molecular formula is C24H29N2O7PS. The van der Waals surface area contributed by atoms with Crippen LogP contribution < -0.4 is 9.84 Å². The molecule has 0 fully saturated rings. The maximum absolute atomic E-state index is 14.1. The minimum atomic E-state index is -3.87. The van der Waals surface area contributed by atoms with Gasteiger partial charge in [-0.15, -0.1) is 4.40 Å². The number of hydrogen-bond acceptors (Lipinski definition) is 8. The minimum Gasteiger partial charge on any atom is -0.506 e. The Balaban J connectivity index is 1.86. The fourth-order valence-corrected chi connectivity index (χ4v) is 6.61. The summed E-state index contributed by atoms with van der Waals surface area (Å²) in [4.78, 5) is 23.5. The normalized spacial score (nSPS) is 20.6. The minimum absolute atomic E-state index is 0.0350. The van der Waals surface area contributed by atoms with Crippen molar-refractivity contribution in [2.45, 2.75) is 49.8 Å². The first-order valence-corrected chi connectivity index (χ1v) is 14.8. The molecule has 9 nitrogen and oxygen atoms in total. The highest BCUT2D eigenvalue weighted by atomic mass is 32.3. The number of benzene rings is 2. The van der Waals surface area contributed by atoms with Crippen LogP contribution in [-0.2, 0) is 14.8 Å². The maximum atomic E-state index is 14.1. The third-order valence-corrected chi connectivity index (χ3v) is 8.10. The molecule has 0 aromatic heterocycles. The second-order valence-electron chi connectivity index (χ2n) is 8.82. The lowest BCUT2D eigenvalue weighted by Crippen LogP contribution is -2.44. The number of aliphatic hydroxyl groups excluding tert-OH is 1. The van der Waals surface area contributed by atoms with Gasteiger partial charge in [-0.2, -0.15) is 0 Å². The Labute approximate surface area is 205 Å². The summed E-state index contributed by atoms with van der Waals surface area (Å²) in [5.74, 6) is -0.768. The van der Waals surface area contributed by atoms with E-state index in [9.17, 15) is 28.5 Å². The van der Waals surface area contributed by atoms with E-state index in [1.165, 1.54) is 18.2 Å². The molecule has 0 saturated heterocycles. The first kappa shape index (κ1) is 25.5. The van der Waals surface area contributed by atoms with E-state index in [1.807, 2.05) is 26.0 Å². The molecule has 2 aromatic carbocycles. The summed E-state index contributed by atoms with van der Waals surface area (Å²) in [5, 5.41) is 14.2. The Bertz CT molecular complexity index is 1290. The van der Waals surface area contributed by atoms with E-state index in [1.54, 1.807) is 12.1 Å². The first-order chi connectivity index (χ1) is 16.4. The van der Waals surface area contributed by atoms with Gasteiger partial charge in [0, 0.05) is 18.3 Å². The van der Waals surface area contributed by atoms with Crippen molar-refractivity contribution in [1.29, 1.82) is 0 Å². The van der Waals surface area contributed by atoms with Gasteiger partial charge >= 0.3 is 7.60 Å². The lowest BCUT2D eigenvalue weighted by molar-refractivity contribution is -0.121. The van der Waals surface area contributed by atoms with Crippen LogP contribution in [0.1, 0.15) is 50.7 Å². The first-order valence-electron chi connectivity index (χ1n) is 11.3. The highest BCUT2D eigenvalue weighted by molar-refractivity contribution is 8.23. The van der Waals surface area contributed by atoms with E-state index >= 15 is 0 Å². The van der Waals surface area contributed by atoms with Gasteiger partial charge in [0.25, 0.3) is 0 Å². The zero-order chi connectivity index (χ0) is 25.6. The molecular weight excluding hydrogens is 491 g/mol. The lowest BCUT2D eigenvalue weighted by atomic mass is 9.63. The highest BCUT2D eigenvalue weighted by Crippen LogP contribution is 2.58. The van der Waals surface area contributed by atoms with Crippen molar-refractivity contribution in [2.75, 3.05) is 12.0 Å². The van der Waals surface area contributed by atoms with E-state index in [0.717, 1.165) is 25.1 Å². The van der Waals surface area contributed by atoms with Gasteiger partial charge in [0.05, 0.1) is 11.1 Å². The third-order valence-electron chi connectivity index (χ3n) is 6.18. The Kier molecular flexibility index (Phi) is 6.63. The van der Waals surface area contributed by atoms with Crippen molar-refractivity contribution in [3.63, 3.8) is 0 Å². The fourth-order valence-electron chi connectivity index (χ4n) is 4.93. The topological polar surface area (TPSA) is 149 Å². The van der Waals surface area contributed by atoms with Crippen LogP contribution in [0.3, 0.4) is 0 Å². The number of amidine groups is 1. The van der Waals surface area contributed by atoms with Crippen LogP contribution in [0.2, 0.25) is 0 Å². The SMILES string of the molecule is CCCC1(CCC)C(=O)C(C2=NS(O)(O)c3cc(OP(C)(=O)O)ccc3N2)=C(O)c2ccccc21. The summed E-state index contributed by atoms with van der Waals surface area (Å²) in [6.07, 6.45) is 2.60. The summed E-state index contributed by atoms with van der Waals surface area (Å²) < 4.78 is 42.4. The summed E-state index contributed by atoms with van der Waals surface area (Å²) in [6.45, 7) is 5.00. The number of nitrogens with one attached hydrogen (secondary N) is 1. The van der Waals surface area contributed by atoms with Crippen LogP contribution in [0.5, 0.6) is 5.75 Å². The van der Waals surface area contributed by atoms with Gasteiger partial charge in [-0.3, -0.25) is 13.9 Å². The molecule has 0 amide bonds. The van der Waals surface area contributed by atoms with Crippen molar-refractivity contribution in [3.05, 3.63) is 59.2 Å². The third kappa shape index (κ3) is 4.52. The summed E-state index contributed by atoms with van der Waals surface area (Å²) in [7, 11) is -7.70. The summed E-state index contributed by atoms with van der Waals surface area (Å²) in [6, 6.07) is 11.3. The standard InChI is InChI=1S/C24H29N2O7PS/c1-4-12-24(13-5-2)17-9-7-6-8-16(17)21(27)20(22(24)28)23-25-18-11-10-15(33-34(3,29)30)14-19(18)35(31,32)26-23/h6-11,14,27,31-32H,4-5,12-13H2,1-3H3,(H,25,26)(H,29,30). The average Bonchev–Trinajstić information content (AvgIpc) is 2.77. The monoisotopic (exact) mass is 520 g/mol. The molecule has 0 bridgehead atoms. The summed E-state index contributed by atoms with van der Waals surface area (Å²) >= 11 is 0. The van der Waals surface area contributed by atoms with Gasteiger partial charge in [-0.25, -0.2) is 4.57 Å². The van der Waals surface area contributed by atoms with Crippen molar-refractivity contribution in [2.24, 2.45) is 4.40 Å². The molecule has 1 aliphatic carbocycles. The number of fused-ring (bicyclic) bond motifs is 2. The zero-order valence-electron chi connectivity index (χ0n) is 19.7. The molecule has 2 aliphatic rings. The average molecular weight is 521 g/mol. The Hall–Kier alpha value is -2.62. The van der Waals surface area contributed by atoms with E-state index in [-0.39, 0.29) is 39.3 Å². The van der Waals surface area contributed by atoms with Crippen LogP contribution in [-0.4, -0.2) is 37.4 Å². The second kappa shape index (κ2) is 9.11. The van der Waals surface area contributed by atoms with Crippen molar-refractivity contribution in [3.8, 4) is 5.75 Å². The molecule has 188 valence electrons. The number of carbonyl (C=O) groups is 1. The van der Waals surface area contributed by atoms with E-state index in [0.29, 0.717) is 18.4 Å². The fraction of sp³-hybridized carbons (Fsp3) is 0.333. The van der Waals surface area contributed by atoms with Crippen LogP contribution in [0, 0.1) is 0 Å². The van der Waals surface area contributed by atoms with Gasteiger partial charge in [0.2, 0.25) is 0 Å². The molecule has 1 heterocycles. The maximum Gasteiger partial charge on any atom is 0.373 e. The van der Waals surface area contributed by atoms with Gasteiger partial charge in [0.1, 0.15) is 22.0 Å². The van der Waals surface area contributed by atoms with E-state index in [4.69, 9.17) is 4.52 Å². The van der Waals surface area contributed by atoms with Gasteiger partial charge < -0.3 is 19.8 Å². The smallest absolute Gasteiger partial charge is 0.373 e. The number of carbonyl (C=O) groups excluding carboxylic acids is 1. The molecule has 2 aromatic rings. The molecule has 11 heteroatoms. The summed E-state index contributed by atoms with van der Waals surface area (Å²) in [5.41, 5.74) is 0.532. The number of anilines is 1. The molecule has 0 saturated carbocycles. The van der Waals surface area contributed by atoms with Gasteiger partial charge in [-0.1, -0.05) is 61.7 Å².